The second-order valence-corrected chi connectivity index (χ2v) is 3.18. The predicted molar refractivity (Wildman–Crippen MR) is 50.7 cm³/mol. The first kappa shape index (κ1) is 12.8. The Morgan fingerprint density at radius 3 is 2.21 bits per heavy atom. The second-order valence-electron chi connectivity index (χ2n) is 3.18. The molecule has 1 atom stereocenters. The van der Waals surface area contributed by atoms with Gasteiger partial charge in [-0.25, -0.2) is 0 Å². The molecule has 0 saturated carbocycles. The third-order valence-electron chi connectivity index (χ3n) is 1.94. The standard InChI is InChI=1S/C10H16O4/c1-4-5-8(12)6-9(7(2)11)10(13)14-3/h9H,4-6H2,1-3H3. The minimum absolute atomic E-state index is 0.0319. The summed E-state index contributed by atoms with van der Waals surface area (Å²) in [6, 6.07) is 0. The highest BCUT2D eigenvalue weighted by Gasteiger charge is 2.26. The van der Waals surface area contributed by atoms with E-state index in [0.717, 1.165) is 6.42 Å². The molecule has 0 spiro atoms. The molecule has 0 aliphatic carbocycles. The van der Waals surface area contributed by atoms with Crippen molar-refractivity contribution in [3.8, 4) is 0 Å². The van der Waals surface area contributed by atoms with E-state index in [1.165, 1.54) is 14.0 Å². The average Bonchev–Trinajstić information content (AvgIpc) is 2.13. The lowest BCUT2D eigenvalue weighted by molar-refractivity contribution is -0.150. The van der Waals surface area contributed by atoms with E-state index in [9.17, 15) is 14.4 Å². The van der Waals surface area contributed by atoms with Crippen molar-refractivity contribution in [3.63, 3.8) is 0 Å². The molecule has 0 fully saturated rings. The van der Waals surface area contributed by atoms with Gasteiger partial charge in [0, 0.05) is 12.8 Å². The van der Waals surface area contributed by atoms with Gasteiger partial charge in [-0.1, -0.05) is 6.92 Å². The molecule has 0 bridgehead atoms. The zero-order valence-corrected chi connectivity index (χ0v) is 8.83. The maximum absolute atomic E-state index is 11.2. The van der Waals surface area contributed by atoms with Crippen molar-refractivity contribution >= 4 is 17.5 Å². The summed E-state index contributed by atoms with van der Waals surface area (Å²) < 4.78 is 4.44. The number of methoxy groups -OCH3 is 1. The summed E-state index contributed by atoms with van der Waals surface area (Å²) >= 11 is 0. The lowest BCUT2D eigenvalue weighted by Gasteiger charge is -2.09. The molecular weight excluding hydrogens is 184 g/mol. The molecule has 0 rings (SSSR count). The minimum Gasteiger partial charge on any atom is -0.468 e. The summed E-state index contributed by atoms with van der Waals surface area (Å²) in [4.78, 5) is 33.3. The lowest BCUT2D eigenvalue weighted by Crippen LogP contribution is -2.26. The fraction of sp³-hybridized carbons (Fsp3) is 0.700. The number of ether oxygens (including phenoxy) is 1. The molecule has 0 amide bonds. The van der Waals surface area contributed by atoms with Crippen LogP contribution in [0.2, 0.25) is 0 Å². The van der Waals surface area contributed by atoms with E-state index in [1.807, 2.05) is 6.92 Å². The molecule has 4 heteroatoms. The molecule has 1 unspecified atom stereocenters. The van der Waals surface area contributed by atoms with Crippen LogP contribution in [0.4, 0.5) is 0 Å². The summed E-state index contributed by atoms with van der Waals surface area (Å²) in [5.74, 6) is -1.93. The number of hydrogen-bond acceptors (Lipinski definition) is 4. The summed E-state index contributed by atoms with van der Waals surface area (Å²) in [7, 11) is 1.21. The van der Waals surface area contributed by atoms with E-state index in [2.05, 4.69) is 4.74 Å². The van der Waals surface area contributed by atoms with Crippen molar-refractivity contribution in [2.45, 2.75) is 33.1 Å². The van der Waals surface area contributed by atoms with E-state index in [1.54, 1.807) is 0 Å². The van der Waals surface area contributed by atoms with Gasteiger partial charge in [0.25, 0.3) is 0 Å². The maximum atomic E-state index is 11.2. The van der Waals surface area contributed by atoms with Crippen molar-refractivity contribution in [2.24, 2.45) is 5.92 Å². The monoisotopic (exact) mass is 200 g/mol. The Labute approximate surface area is 83.6 Å². The number of carbonyl (C=O) groups excluding carboxylic acids is 3. The molecule has 80 valence electrons. The first-order valence-corrected chi connectivity index (χ1v) is 4.62. The van der Waals surface area contributed by atoms with Crippen LogP contribution in [0.1, 0.15) is 33.1 Å². The molecule has 0 aliphatic heterocycles. The quantitative estimate of drug-likeness (QED) is 0.476. The van der Waals surface area contributed by atoms with Crippen molar-refractivity contribution in [1.29, 1.82) is 0 Å². The van der Waals surface area contributed by atoms with Gasteiger partial charge in [0.2, 0.25) is 0 Å². The fourth-order valence-electron chi connectivity index (χ4n) is 1.14. The van der Waals surface area contributed by atoms with Crippen LogP contribution >= 0.6 is 0 Å². The smallest absolute Gasteiger partial charge is 0.316 e. The van der Waals surface area contributed by atoms with E-state index >= 15 is 0 Å². The molecule has 0 heterocycles. The summed E-state index contributed by atoms with van der Waals surface area (Å²) in [6.07, 6.45) is 1.10. The van der Waals surface area contributed by atoms with Crippen LogP contribution in [-0.4, -0.2) is 24.6 Å². The SMILES string of the molecule is CCCC(=O)CC(C(C)=O)C(=O)OC. The number of Topliss-reactive ketones (excluding diaryl/α,β-unsaturated/α-hetero) is 2. The normalized spacial score (nSPS) is 11.9. The first-order chi connectivity index (χ1) is 6.52. The fourth-order valence-corrected chi connectivity index (χ4v) is 1.14. The predicted octanol–water partition coefficient (Wildman–Crippen LogP) is 1.12. The van der Waals surface area contributed by atoms with Gasteiger partial charge in [0.05, 0.1) is 7.11 Å². The maximum Gasteiger partial charge on any atom is 0.316 e. The summed E-state index contributed by atoms with van der Waals surface area (Å²) in [5, 5.41) is 0. The van der Waals surface area contributed by atoms with Crippen LogP contribution in [0.5, 0.6) is 0 Å². The first-order valence-electron chi connectivity index (χ1n) is 4.62. The van der Waals surface area contributed by atoms with E-state index in [4.69, 9.17) is 0 Å². The minimum atomic E-state index is -0.918. The van der Waals surface area contributed by atoms with Crippen LogP contribution in [0.15, 0.2) is 0 Å². The Morgan fingerprint density at radius 1 is 1.29 bits per heavy atom. The molecular formula is C10H16O4. The summed E-state index contributed by atoms with van der Waals surface area (Å²) in [6.45, 7) is 3.17. The van der Waals surface area contributed by atoms with Crippen LogP contribution in [0, 0.1) is 5.92 Å². The molecule has 0 N–H and O–H groups in total. The molecule has 14 heavy (non-hydrogen) atoms. The Morgan fingerprint density at radius 2 is 1.86 bits per heavy atom. The molecule has 0 radical (unpaired) electrons. The number of hydrogen-bond donors (Lipinski definition) is 0. The van der Waals surface area contributed by atoms with Gasteiger partial charge in [-0.15, -0.1) is 0 Å². The molecule has 0 saturated heterocycles. The molecule has 0 aromatic rings. The van der Waals surface area contributed by atoms with Gasteiger partial charge in [-0.3, -0.25) is 14.4 Å². The van der Waals surface area contributed by atoms with Crippen molar-refractivity contribution in [3.05, 3.63) is 0 Å². The second kappa shape index (κ2) is 6.29. The number of carbonyl (C=O) groups is 3. The van der Waals surface area contributed by atoms with Gasteiger partial charge < -0.3 is 4.74 Å². The van der Waals surface area contributed by atoms with Crippen LogP contribution in [-0.2, 0) is 19.1 Å². The Hall–Kier alpha value is -1.19. The topological polar surface area (TPSA) is 60.4 Å². The third-order valence-corrected chi connectivity index (χ3v) is 1.94. The highest BCUT2D eigenvalue weighted by molar-refractivity contribution is 6.01. The van der Waals surface area contributed by atoms with E-state index < -0.39 is 11.9 Å². The van der Waals surface area contributed by atoms with Crippen LogP contribution in [0.3, 0.4) is 0 Å². The highest BCUT2D eigenvalue weighted by Crippen LogP contribution is 2.10. The Kier molecular flexibility index (Phi) is 5.76. The highest BCUT2D eigenvalue weighted by atomic mass is 16.5. The third kappa shape index (κ3) is 4.16. The van der Waals surface area contributed by atoms with E-state index in [0.29, 0.717) is 6.42 Å². The van der Waals surface area contributed by atoms with Crippen LogP contribution < -0.4 is 0 Å². The van der Waals surface area contributed by atoms with Crippen molar-refractivity contribution < 1.29 is 19.1 Å². The molecule has 0 aromatic heterocycles. The van der Waals surface area contributed by atoms with Gasteiger partial charge >= 0.3 is 5.97 Å². The Balaban J connectivity index is 4.31. The Bertz CT molecular complexity index is 232. The number of ketones is 2. The zero-order chi connectivity index (χ0) is 11.1. The van der Waals surface area contributed by atoms with Gasteiger partial charge in [0.1, 0.15) is 17.5 Å². The van der Waals surface area contributed by atoms with Crippen LogP contribution in [0.25, 0.3) is 0 Å². The van der Waals surface area contributed by atoms with Crippen molar-refractivity contribution in [1.82, 2.24) is 0 Å². The lowest BCUT2D eigenvalue weighted by atomic mass is 9.97. The largest absolute Gasteiger partial charge is 0.468 e. The van der Waals surface area contributed by atoms with Gasteiger partial charge in [0.15, 0.2) is 0 Å². The van der Waals surface area contributed by atoms with E-state index in [-0.39, 0.29) is 18.0 Å². The van der Waals surface area contributed by atoms with Crippen molar-refractivity contribution in [2.75, 3.05) is 7.11 Å². The average molecular weight is 200 g/mol. The zero-order valence-electron chi connectivity index (χ0n) is 8.83. The molecule has 0 aliphatic rings. The van der Waals surface area contributed by atoms with Gasteiger partial charge in [-0.05, 0) is 13.3 Å². The summed E-state index contributed by atoms with van der Waals surface area (Å²) in [5.41, 5.74) is 0. The molecule has 4 nitrogen and oxygen atoms in total. The molecule has 0 aromatic carbocycles. The number of esters is 1. The van der Waals surface area contributed by atoms with Gasteiger partial charge in [-0.2, -0.15) is 0 Å². The number of rotatable bonds is 6.